The molecule has 1 fully saturated rings. The Morgan fingerprint density at radius 2 is 2.31 bits per heavy atom. The summed E-state index contributed by atoms with van der Waals surface area (Å²) in [6, 6.07) is 0. The third-order valence-corrected chi connectivity index (χ3v) is 2.13. The fourth-order valence-corrected chi connectivity index (χ4v) is 1.15. The Bertz CT molecular complexity index is 223. The zero-order valence-corrected chi connectivity index (χ0v) is 7.84. The third-order valence-electron chi connectivity index (χ3n) is 2.13. The van der Waals surface area contributed by atoms with Crippen molar-refractivity contribution in [2.45, 2.75) is 19.8 Å². The molecule has 1 aliphatic rings. The van der Waals surface area contributed by atoms with E-state index in [1.54, 1.807) is 6.92 Å². The fourth-order valence-electron chi connectivity index (χ4n) is 1.15. The second kappa shape index (κ2) is 4.29. The quantitative estimate of drug-likeness (QED) is 0.361. The first-order valence-electron chi connectivity index (χ1n) is 4.43. The van der Waals surface area contributed by atoms with Crippen molar-refractivity contribution >= 4 is 5.97 Å². The minimum Gasteiger partial charge on any atom is -0.465 e. The van der Waals surface area contributed by atoms with E-state index in [1.165, 1.54) is 0 Å². The molecule has 0 saturated heterocycles. The second-order valence-electron chi connectivity index (χ2n) is 3.20. The van der Waals surface area contributed by atoms with Gasteiger partial charge >= 0.3 is 5.97 Å². The highest BCUT2D eigenvalue weighted by Gasteiger charge is 2.51. The van der Waals surface area contributed by atoms with Crippen molar-refractivity contribution in [3.05, 3.63) is 0 Å². The SMILES string of the molecule is C#CCOCC1(C(=O)OCC)CC1. The predicted molar refractivity (Wildman–Crippen MR) is 48.0 cm³/mol. The Morgan fingerprint density at radius 1 is 1.62 bits per heavy atom. The summed E-state index contributed by atoms with van der Waals surface area (Å²) in [6.45, 7) is 2.89. The van der Waals surface area contributed by atoms with Crippen LogP contribution in [0.1, 0.15) is 19.8 Å². The van der Waals surface area contributed by atoms with Gasteiger partial charge in [0.15, 0.2) is 0 Å². The molecule has 0 aromatic carbocycles. The van der Waals surface area contributed by atoms with E-state index in [1.807, 2.05) is 0 Å². The van der Waals surface area contributed by atoms with E-state index < -0.39 is 0 Å². The average molecular weight is 182 g/mol. The van der Waals surface area contributed by atoms with Crippen LogP contribution in [-0.2, 0) is 14.3 Å². The zero-order valence-electron chi connectivity index (χ0n) is 7.84. The van der Waals surface area contributed by atoms with Gasteiger partial charge in [-0.25, -0.2) is 0 Å². The van der Waals surface area contributed by atoms with Crippen molar-refractivity contribution in [2.75, 3.05) is 19.8 Å². The van der Waals surface area contributed by atoms with Crippen molar-refractivity contribution in [3.8, 4) is 12.3 Å². The summed E-state index contributed by atoms with van der Waals surface area (Å²) in [5.41, 5.74) is -0.368. The topological polar surface area (TPSA) is 35.5 Å². The highest BCUT2D eigenvalue weighted by atomic mass is 16.5. The van der Waals surface area contributed by atoms with Crippen LogP contribution in [0.25, 0.3) is 0 Å². The Kier molecular flexibility index (Phi) is 3.32. The number of carbonyl (C=O) groups is 1. The van der Waals surface area contributed by atoms with Crippen molar-refractivity contribution in [2.24, 2.45) is 5.41 Å². The lowest BCUT2D eigenvalue weighted by molar-refractivity contribution is -0.152. The van der Waals surface area contributed by atoms with Crippen LogP contribution in [0.15, 0.2) is 0 Å². The van der Waals surface area contributed by atoms with Gasteiger partial charge in [0.1, 0.15) is 6.61 Å². The summed E-state index contributed by atoms with van der Waals surface area (Å²) >= 11 is 0. The molecule has 0 radical (unpaired) electrons. The number of esters is 1. The van der Waals surface area contributed by atoms with Crippen LogP contribution in [0.4, 0.5) is 0 Å². The van der Waals surface area contributed by atoms with Gasteiger partial charge in [-0.3, -0.25) is 4.79 Å². The van der Waals surface area contributed by atoms with E-state index in [-0.39, 0.29) is 18.0 Å². The number of rotatable bonds is 5. The van der Waals surface area contributed by atoms with E-state index in [0.29, 0.717) is 13.2 Å². The van der Waals surface area contributed by atoms with Crippen LogP contribution in [0, 0.1) is 17.8 Å². The van der Waals surface area contributed by atoms with Gasteiger partial charge in [-0.15, -0.1) is 6.42 Å². The van der Waals surface area contributed by atoms with Crippen LogP contribution in [0.3, 0.4) is 0 Å². The second-order valence-corrected chi connectivity index (χ2v) is 3.20. The van der Waals surface area contributed by atoms with Crippen molar-refractivity contribution < 1.29 is 14.3 Å². The molecule has 0 aliphatic heterocycles. The van der Waals surface area contributed by atoms with E-state index in [0.717, 1.165) is 12.8 Å². The molecule has 0 aromatic heterocycles. The molecule has 0 atom stereocenters. The smallest absolute Gasteiger partial charge is 0.314 e. The Balaban J connectivity index is 2.30. The highest BCUT2D eigenvalue weighted by Crippen LogP contribution is 2.46. The normalized spacial score (nSPS) is 17.5. The summed E-state index contributed by atoms with van der Waals surface area (Å²) in [6.07, 6.45) is 6.74. The highest BCUT2D eigenvalue weighted by molar-refractivity contribution is 5.80. The monoisotopic (exact) mass is 182 g/mol. The van der Waals surface area contributed by atoms with E-state index in [9.17, 15) is 4.79 Å². The van der Waals surface area contributed by atoms with Crippen LogP contribution in [0.2, 0.25) is 0 Å². The Hall–Kier alpha value is -1.01. The van der Waals surface area contributed by atoms with Gasteiger partial charge in [0.05, 0.1) is 18.6 Å². The van der Waals surface area contributed by atoms with E-state index in [2.05, 4.69) is 5.92 Å². The first kappa shape index (κ1) is 10.1. The Morgan fingerprint density at radius 3 is 2.77 bits per heavy atom. The molecule has 0 amide bonds. The van der Waals surface area contributed by atoms with Gasteiger partial charge in [0.2, 0.25) is 0 Å². The minimum atomic E-state index is -0.368. The van der Waals surface area contributed by atoms with Crippen LogP contribution < -0.4 is 0 Å². The molecule has 1 aliphatic carbocycles. The summed E-state index contributed by atoms with van der Waals surface area (Å²) in [5, 5.41) is 0. The summed E-state index contributed by atoms with van der Waals surface area (Å²) in [7, 11) is 0. The molecule has 0 bridgehead atoms. The lowest BCUT2D eigenvalue weighted by atomic mass is 10.1. The van der Waals surface area contributed by atoms with Gasteiger partial charge < -0.3 is 9.47 Å². The maximum absolute atomic E-state index is 11.4. The molecule has 0 N–H and O–H groups in total. The largest absolute Gasteiger partial charge is 0.465 e. The third kappa shape index (κ3) is 2.46. The molecule has 3 heteroatoms. The minimum absolute atomic E-state index is 0.146. The first-order chi connectivity index (χ1) is 6.25. The first-order valence-corrected chi connectivity index (χ1v) is 4.43. The van der Waals surface area contributed by atoms with Crippen LogP contribution >= 0.6 is 0 Å². The molecular formula is C10H14O3. The number of hydrogen-bond acceptors (Lipinski definition) is 3. The van der Waals surface area contributed by atoms with Crippen LogP contribution in [0.5, 0.6) is 0 Å². The molecule has 1 saturated carbocycles. The van der Waals surface area contributed by atoms with Crippen molar-refractivity contribution in [1.29, 1.82) is 0 Å². The molecule has 0 aromatic rings. The molecule has 0 spiro atoms. The fraction of sp³-hybridized carbons (Fsp3) is 0.700. The van der Waals surface area contributed by atoms with Gasteiger partial charge in [0.25, 0.3) is 0 Å². The number of carbonyl (C=O) groups excluding carboxylic acids is 1. The summed E-state index contributed by atoms with van der Waals surface area (Å²) in [5.74, 6) is 2.22. The van der Waals surface area contributed by atoms with Crippen LogP contribution in [-0.4, -0.2) is 25.8 Å². The van der Waals surface area contributed by atoms with Crippen molar-refractivity contribution in [3.63, 3.8) is 0 Å². The van der Waals surface area contributed by atoms with Gasteiger partial charge in [-0.2, -0.15) is 0 Å². The molecule has 1 rings (SSSR count). The molecule has 13 heavy (non-hydrogen) atoms. The van der Waals surface area contributed by atoms with Gasteiger partial charge in [-0.1, -0.05) is 5.92 Å². The van der Waals surface area contributed by atoms with E-state index in [4.69, 9.17) is 15.9 Å². The van der Waals surface area contributed by atoms with Gasteiger partial charge in [-0.05, 0) is 19.8 Å². The average Bonchev–Trinajstić information content (AvgIpc) is 2.87. The zero-order chi connectivity index (χ0) is 9.73. The molecule has 0 heterocycles. The lowest BCUT2D eigenvalue weighted by Crippen LogP contribution is -2.24. The molecular weight excluding hydrogens is 168 g/mol. The number of ether oxygens (including phenoxy) is 2. The summed E-state index contributed by atoms with van der Waals surface area (Å²) in [4.78, 5) is 11.4. The predicted octanol–water partition coefficient (Wildman–Crippen LogP) is 0.980. The lowest BCUT2D eigenvalue weighted by Gasteiger charge is -2.12. The maximum Gasteiger partial charge on any atom is 0.314 e. The molecule has 3 nitrogen and oxygen atoms in total. The maximum atomic E-state index is 11.4. The molecule has 72 valence electrons. The number of hydrogen-bond donors (Lipinski definition) is 0. The standard InChI is InChI=1S/C10H14O3/c1-3-7-12-8-10(5-6-10)9(11)13-4-2/h1H,4-8H2,2H3. The van der Waals surface area contributed by atoms with E-state index >= 15 is 0 Å². The van der Waals surface area contributed by atoms with Gasteiger partial charge in [0, 0.05) is 0 Å². The Labute approximate surface area is 78.4 Å². The molecule has 0 unspecified atom stereocenters. The number of terminal acetylenes is 1. The van der Waals surface area contributed by atoms with Crippen molar-refractivity contribution in [1.82, 2.24) is 0 Å². The summed E-state index contributed by atoms with van der Waals surface area (Å²) < 4.78 is 10.1.